The molecule has 2 amide bonds. The van der Waals surface area contributed by atoms with Gasteiger partial charge in [-0.25, -0.2) is 4.98 Å². The first-order chi connectivity index (χ1) is 15.5. The second-order valence-corrected chi connectivity index (χ2v) is 8.83. The van der Waals surface area contributed by atoms with E-state index in [1.807, 2.05) is 61.2 Å². The number of H-pyrrole nitrogens is 1. The molecule has 1 aromatic heterocycles. The molecular weight excluding hydrogens is 404 g/mol. The third kappa shape index (κ3) is 3.72. The average molecular weight is 433 g/mol. The van der Waals surface area contributed by atoms with Gasteiger partial charge in [0.25, 0.3) is 5.91 Å². The van der Waals surface area contributed by atoms with Gasteiger partial charge in [-0.1, -0.05) is 18.2 Å². The van der Waals surface area contributed by atoms with Gasteiger partial charge in [-0.3, -0.25) is 9.59 Å². The van der Waals surface area contributed by atoms with Crippen molar-refractivity contribution in [1.29, 1.82) is 0 Å². The van der Waals surface area contributed by atoms with Crippen LogP contribution in [0.25, 0.3) is 11.0 Å². The second-order valence-electron chi connectivity index (χ2n) is 8.83. The largest absolute Gasteiger partial charge is 0.487 e. The highest BCUT2D eigenvalue weighted by atomic mass is 16.5. The van der Waals surface area contributed by atoms with Gasteiger partial charge in [0.2, 0.25) is 5.91 Å². The minimum absolute atomic E-state index is 0.129. The van der Waals surface area contributed by atoms with Gasteiger partial charge in [-0.15, -0.1) is 0 Å². The first-order valence-electron chi connectivity index (χ1n) is 11.3. The Kier molecular flexibility index (Phi) is 5.12. The number of hydrogen-bond donors (Lipinski definition) is 2. The number of aromatic nitrogens is 2. The van der Waals surface area contributed by atoms with Crippen LogP contribution in [-0.2, 0) is 4.79 Å². The molecule has 3 aromatic rings. The summed E-state index contributed by atoms with van der Waals surface area (Å²) in [6.07, 6.45) is 2.52. The Morgan fingerprint density at radius 2 is 2.12 bits per heavy atom. The summed E-state index contributed by atoms with van der Waals surface area (Å²) < 4.78 is 6.52. The van der Waals surface area contributed by atoms with Crippen molar-refractivity contribution >= 4 is 22.8 Å². The van der Waals surface area contributed by atoms with Gasteiger partial charge in [0.15, 0.2) is 0 Å². The van der Waals surface area contributed by atoms with Crippen LogP contribution in [0.3, 0.4) is 0 Å². The lowest BCUT2D eigenvalue weighted by molar-refractivity contribution is -0.130. The van der Waals surface area contributed by atoms with Gasteiger partial charge < -0.3 is 19.9 Å². The lowest BCUT2D eigenvalue weighted by atomic mass is 9.82. The maximum atomic E-state index is 13.2. The molecule has 2 aromatic carbocycles. The monoisotopic (exact) mass is 432 g/mol. The number of nitrogens with one attached hydrogen (secondary N) is 2. The van der Waals surface area contributed by atoms with Crippen LogP contribution < -0.4 is 10.1 Å². The highest BCUT2D eigenvalue weighted by Gasteiger charge is 2.43. The second kappa shape index (κ2) is 7.97. The lowest BCUT2D eigenvalue weighted by Crippen LogP contribution is -2.46. The van der Waals surface area contributed by atoms with Gasteiger partial charge in [-0.2, -0.15) is 0 Å². The fraction of sp³-hybridized carbons (Fsp3) is 0.400. The summed E-state index contributed by atoms with van der Waals surface area (Å²) in [4.78, 5) is 35.2. The predicted molar refractivity (Wildman–Crippen MR) is 122 cm³/mol. The minimum atomic E-state index is -0.462. The number of likely N-dealkylation sites (tertiary alicyclic amines) is 1. The molecule has 0 radical (unpaired) electrons. The van der Waals surface area contributed by atoms with Gasteiger partial charge in [0.05, 0.1) is 17.1 Å². The zero-order valence-corrected chi connectivity index (χ0v) is 18.5. The maximum absolute atomic E-state index is 13.2. The molecule has 2 aliphatic rings. The molecule has 2 aliphatic heterocycles. The number of para-hydroxylation sites is 1. The van der Waals surface area contributed by atoms with Crippen LogP contribution in [0, 0.1) is 6.92 Å². The summed E-state index contributed by atoms with van der Waals surface area (Å²) in [6.45, 7) is 5.29. The number of imidazole rings is 1. The van der Waals surface area contributed by atoms with E-state index >= 15 is 0 Å². The van der Waals surface area contributed by atoms with Crippen molar-refractivity contribution in [2.75, 3.05) is 13.1 Å². The number of carbonyl (C=O) groups excluding carboxylic acids is 2. The van der Waals surface area contributed by atoms with Crippen molar-refractivity contribution in [1.82, 2.24) is 20.2 Å². The molecule has 1 fully saturated rings. The molecule has 0 unspecified atom stereocenters. The van der Waals surface area contributed by atoms with Crippen LogP contribution in [0.5, 0.6) is 5.75 Å². The number of aromatic amines is 1. The van der Waals surface area contributed by atoms with E-state index in [4.69, 9.17) is 4.74 Å². The van der Waals surface area contributed by atoms with Crippen molar-refractivity contribution < 1.29 is 14.3 Å². The Bertz CT molecular complexity index is 1190. The molecule has 166 valence electrons. The molecule has 7 heteroatoms. The fourth-order valence-corrected chi connectivity index (χ4v) is 4.99. The van der Waals surface area contributed by atoms with Crippen LogP contribution >= 0.6 is 0 Å². The highest BCUT2D eigenvalue weighted by molar-refractivity contribution is 5.97. The first kappa shape index (κ1) is 20.5. The summed E-state index contributed by atoms with van der Waals surface area (Å²) >= 11 is 0. The van der Waals surface area contributed by atoms with Crippen LogP contribution in [0.15, 0.2) is 42.5 Å². The molecule has 1 saturated heterocycles. The summed E-state index contributed by atoms with van der Waals surface area (Å²) in [5.41, 5.74) is 2.80. The van der Waals surface area contributed by atoms with Crippen LogP contribution in [-0.4, -0.2) is 45.4 Å². The number of benzene rings is 2. The van der Waals surface area contributed by atoms with Crippen molar-refractivity contribution in [2.24, 2.45) is 0 Å². The zero-order chi connectivity index (χ0) is 22.3. The van der Waals surface area contributed by atoms with E-state index in [1.54, 1.807) is 0 Å². The topological polar surface area (TPSA) is 87.3 Å². The number of nitrogens with zero attached hydrogens (tertiary/aromatic N) is 2. The summed E-state index contributed by atoms with van der Waals surface area (Å²) in [5.74, 6) is 1.66. The van der Waals surface area contributed by atoms with Gasteiger partial charge >= 0.3 is 0 Å². The van der Waals surface area contributed by atoms with Crippen molar-refractivity contribution in [2.45, 2.75) is 51.2 Å². The molecule has 32 heavy (non-hydrogen) atoms. The molecule has 5 rings (SSSR count). The van der Waals surface area contributed by atoms with Crippen molar-refractivity contribution in [3.8, 4) is 5.75 Å². The Labute approximate surface area is 187 Å². The number of carbonyl (C=O) groups is 2. The Balaban J connectivity index is 1.43. The zero-order valence-electron chi connectivity index (χ0n) is 18.5. The third-order valence-corrected chi connectivity index (χ3v) is 6.73. The molecule has 1 spiro atoms. The van der Waals surface area contributed by atoms with Crippen molar-refractivity contribution in [3.63, 3.8) is 0 Å². The van der Waals surface area contributed by atoms with E-state index in [1.165, 1.54) is 0 Å². The summed E-state index contributed by atoms with van der Waals surface area (Å²) in [5, 5.41) is 3.24. The van der Waals surface area contributed by atoms with Crippen LogP contribution in [0.1, 0.15) is 60.4 Å². The molecule has 0 aliphatic carbocycles. The number of fused-ring (bicyclic) bond motifs is 2. The molecule has 3 heterocycles. The van der Waals surface area contributed by atoms with E-state index in [2.05, 4.69) is 15.3 Å². The maximum Gasteiger partial charge on any atom is 0.251 e. The average Bonchev–Trinajstić information content (AvgIpc) is 3.10. The summed E-state index contributed by atoms with van der Waals surface area (Å²) in [7, 11) is 0. The Morgan fingerprint density at radius 3 is 2.97 bits per heavy atom. The molecule has 7 nitrogen and oxygen atoms in total. The smallest absolute Gasteiger partial charge is 0.251 e. The van der Waals surface area contributed by atoms with E-state index in [0.717, 1.165) is 34.6 Å². The number of rotatable bonds is 3. The SMILES string of the molecule is CCN1CC[C@@]2(CCC1=O)C[C@H](NC(=O)c1ccc3nc(C)[nH]c3c1)c1ccccc1O2. The number of aryl methyl sites for hydroxylation is 1. The molecule has 2 atom stereocenters. The quantitative estimate of drug-likeness (QED) is 0.657. The lowest BCUT2D eigenvalue weighted by Gasteiger charge is -2.42. The normalized spacial score (nSPS) is 23.0. The van der Waals surface area contributed by atoms with Crippen LogP contribution in [0.2, 0.25) is 0 Å². The highest BCUT2D eigenvalue weighted by Crippen LogP contribution is 2.44. The van der Waals surface area contributed by atoms with E-state index in [-0.39, 0.29) is 17.9 Å². The molecule has 0 saturated carbocycles. The van der Waals surface area contributed by atoms with E-state index in [9.17, 15) is 9.59 Å². The Morgan fingerprint density at radius 1 is 1.28 bits per heavy atom. The minimum Gasteiger partial charge on any atom is -0.487 e. The van der Waals surface area contributed by atoms with E-state index < -0.39 is 5.60 Å². The number of hydrogen-bond acceptors (Lipinski definition) is 4. The first-order valence-corrected chi connectivity index (χ1v) is 11.3. The van der Waals surface area contributed by atoms with E-state index in [0.29, 0.717) is 37.9 Å². The predicted octanol–water partition coefficient (Wildman–Crippen LogP) is 3.90. The van der Waals surface area contributed by atoms with Gasteiger partial charge in [-0.05, 0) is 44.5 Å². The Hall–Kier alpha value is -3.35. The third-order valence-electron chi connectivity index (χ3n) is 6.73. The number of ether oxygens (including phenoxy) is 1. The van der Waals surface area contributed by atoms with Crippen LogP contribution in [0.4, 0.5) is 0 Å². The molecular formula is C25H28N4O3. The molecule has 2 N–H and O–H groups in total. The van der Waals surface area contributed by atoms with Gasteiger partial charge in [0, 0.05) is 43.5 Å². The molecule has 0 bridgehead atoms. The standard InChI is InChI=1S/C25H28N4O3/c1-3-29-13-12-25(11-10-23(29)30)15-21(18-6-4-5-7-22(18)32-25)28-24(31)17-8-9-19-20(14-17)27-16(2)26-19/h4-9,14,21H,3,10-13,15H2,1-2H3,(H,26,27)(H,28,31)/t21-,25-/m0/s1. The van der Waals surface area contributed by atoms with Crippen molar-refractivity contribution in [3.05, 3.63) is 59.4 Å². The van der Waals surface area contributed by atoms with Gasteiger partial charge in [0.1, 0.15) is 17.2 Å². The fourth-order valence-electron chi connectivity index (χ4n) is 4.99. The number of amides is 2. The summed E-state index contributed by atoms with van der Waals surface area (Å²) in [6, 6.07) is 13.2.